The molecule has 0 aliphatic heterocycles. The summed E-state index contributed by atoms with van der Waals surface area (Å²) in [7, 11) is 1.73. The summed E-state index contributed by atoms with van der Waals surface area (Å²) in [4.78, 5) is 0. The Kier molecular flexibility index (Phi) is 7.00. The Balaban J connectivity index is 2.64. The minimum atomic E-state index is -0.147. The van der Waals surface area contributed by atoms with E-state index in [0.29, 0.717) is 12.6 Å². The van der Waals surface area contributed by atoms with Crippen molar-refractivity contribution in [2.75, 3.05) is 13.7 Å². The lowest BCUT2D eigenvalue weighted by Gasteiger charge is -2.23. The molecule has 20 heavy (non-hydrogen) atoms. The normalized spacial score (nSPS) is 11.9. The van der Waals surface area contributed by atoms with Crippen molar-refractivity contribution >= 4 is 15.9 Å². The molecule has 0 saturated carbocycles. The molecule has 4 heteroatoms. The van der Waals surface area contributed by atoms with Gasteiger partial charge in [0.1, 0.15) is 5.75 Å². The van der Waals surface area contributed by atoms with Crippen molar-refractivity contribution in [1.29, 1.82) is 0 Å². The molecule has 3 nitrogen and oxygen atoms in total. The molecule has 1 aromatic carbocycles. The highest BCUT2D eigenvalue weighted by Gasteiger charge is 2.16. The van der Waals surface area contributed by atoms with Crippen LogP contribution in [-0.4, -0.2) is 25.4 Å². The van der Waals surface area contributed by atoms with Crippen LogP contribution in [-0.2, 0) is 11.3 Å². The monoisotopic (exact) mass is 343 g/mol. The van der Waals surface area contributed by atoms with E-state index < -0.39 is 0 Å². The number of benzene rings is 1. The van der Waals surface area contributed by atoms with Gasteiger partial charge in [-0.15, -0.1) is 0 Å². The fourth-order valence-electron chi connectivity index (χ4n) is 1.65. The molecule has 0 saturated heterocycles. The van der Waals surface area contributed by atoms with E-state index in [1.165, 1.54) is 5.56 Å². The number of hydrogen-bond donors (Lipinski definition) is 1. The van der Waals surface area contributed by atoms with Gasteiger partial charge in [0.05, 0.1) is 12.2 Å². The molecule has 114 valence electrons. The molecular weight excluding hydrogens is 318 g/mol. The third-order valence-electron chi connectivity index (χ3n) is 3.24. The Hall–Kier alpha value is -0.580. The molecule has 0 radical (unpaired) electrons. The molecule has 0 amide bonds. The van der Waals surface area contributed by atoms with Crippen LogP contribution in [0.1, 0.15) is 39.7 Å². The second kappa shape index (κ2) is 8.01. The summed E-state index contributed by atoms with van der Waals surface area (Å²) in [6.07, 6.45) is 0.858. The summed E-state index contributed by atoms with van der Waals surface area (Å²) in [6.45, 7) is 9.87. The number of hydrogen-bond acceptors (Lipinski definition) is 3. The number of rotatable bonds is 8. The molecule has 0 heterocycles. The fraction of sp³-hybridized carbons (Fsp3) is 0.625. The minimum absolute atomic E-state index is 0.147. The lowest BCUT2D eigenvalue weighted by molar-refractivity contribution is 0.00537. The Bertz CT molecular complexity index is 419. The van der Waals surface area contributed by atoms with Gasteiger partial charge in [-0.25, -0.2) is 0 Å². The SMILES string of the molecule is COC(C)(C)CCOc1ccc(Br)cc1CNC(C)C. The van der Waals surface area contributed by atoms with Gasteiger partial charge in [0.2, 0.25) is 0 Å². The molecule has 1 rings (SSSR count). The summed E-state index contributed by atoms with van der Waals surface area (Å²) in [5.74, 6) is 0.938. The predicted molar refractivity (Wildman–Crippen MR) is 87.3 cm³/mol. The molecule has 0 spiro atoms. The highest BCUT2D eigenvalue weighted by Crippen LogP contribution is 2.24. The first-order valence-electron chi connectivity index (χ1n) is 7.04. The summed E-state index contributed by atoms with van der Waals surface area (Å²) >= 11 is 3.51. The van der Waals surface area contributed by atoms with Crippen LogP contribution >= 0.6 is 15.9 Å². The molecule has 0 aliphatic rings. The molecule has 0 fully saturated rings. The fourth-order valence-corrected chi connectivity index (χ4v) is 2.06. The lowest BCUT2D eigenvalue weighted by atomic mass is 10.1. The van der Waals surface area contributed by atoms with Crippen molar-refractivity contribution in [3.63, 3.8) is 0 Å². The maximum atomic E-state index is 5.92. The van der Waals surface area contributed by atoms with E-state index in [1.54, 1.807) is 7.11 Å². The van der Waals surface area contributed by atoms with E-state index in [4.69, 9.17) is 9.47 Å². The Labute approximate surface area is 131 Å². The standard InChI is InChI=1S/C16H26BrNO2/c1-12(2)18-11-13-10-14(17)6-7-15(13)20-9-8-16(3,4)19-5/h6-7,10,12,18H,8-9,11H2,1-5H3. The second-order valence-corrected chi connectivity index (χ2v) is 6.77. The number of halogens is 1. The number of methoxy groups -OCH3 is 1. The van der Waals surface area contributed by atoms with Gasteiger partial charge < -0.3 is 14.8 Å². The van der Waals surface area contributed by atoms with Gasteiger partial charge in [0.25, 0.3) is 0 Å². The number of nitrogens with one attached hydrogen (secondary N) is 1. The van der Waals surface area contributed by atoms with Gasteiger partial charge in [-0.05, 0) is 32.0 Å². The molecule has 0 aliphatic carbocycles. The molecule has 0 unspecified atom stereocenters. The quantitative estimate of drug-likeness (QED) is 0.769. The summed E-state index contributed by atoms with van der Waals surface area (Å²) < 4.78 is 12.4. The van der Waals surface area contributed by atoms with Crippen molar-refractivity contribution in [2.24, 2.45) is 0 Å². The van der Waals surface area contributed by atoms with E-state index >= 15 is 0 Å². The third kappa shape index (κ3) is 6.25. The number of ether oxygens (including phenoxy) is 2. The Morgan fingerprint density at radius 1 is 1.30 bits per heavy atom. The first-order valence-corrected chi connectivity index (χ1v) is 7.83. The van der Waals surface area contributed by atoms with Crippen LogP contribution in [0.4, 0.5) is 0 Å². The van der Waals surface area contributed by atoms with Crippen molar-refractivity contribution < 1.29 is 9.47 Å². The smallest absolute Gasteiger partial charge is 0.123 e. The van der Waals surface area contributed by atoms with Crippen LogP contribution in [0.3, 0.4) is 0 Å². The van der Waals surface area contributed by atoms with E-state index in [9.17, 15) is 0 Å². The molecule has 0 aromatic heterocycles. The van der Waals surface area contributed by atoms with E-state index in [-0.39, 0.29) is 5.60 Å². The lowest BCUT2D eigenvalue weighted by Crippen LogP contribution is -2.25. The Morgan fingerprint density at radius 3 is 2.60 bits per heavy atom. The van der Waals surface area contributed by atoms with Crippen LogP contribution in [0.5, 0.6) is 5.75 Å². The van der Waals surface area contributed by atoms with Gasteiger partial charge in [-0.3, -0.25) is 0 Å². The highest BCUT2D eigenvalue weighted by molar-refractivity contribution is 9.10. The molecule has 1 N–H and O–H groups in total. The van der Waals surface area contributed by atoms with Crippen molar-refractivity contribution in [2.45, 2.75) is 52.3 Å². The van der Waals surface area contributed by atoms with Gasteiger partial charge in [0.15, 0.2) is 0 Å². The van der Waals surface area contributed by atoms with Crippen molar-refractivity contribution in [1.82, 2.24) is 5.32 Å². The van der Waals surface area contributed by atoms with Crippen LogP contribution < -0.4 is 10.1 Å². The summed E-state index contributed by atoms with van der Waals surface area (Å²) in [6, 6.07) is 6.58. The van der Waals surface area contributed by atoms with Crippen molar-refractivity contribution in [3.8, 4) is 5.75 Å². The zero-order chi connectivity index (χ0) is 15.2. The third-order valence-corrected chi connectivity index (χ3v) is 3.73. The van der Waals surface area contributed by atoms with E-state index in [2.05, 4.69) is 55.0 Å². The zero-order valence-corrected chi connectivity index (χ0v) is 14.7. The predicted octanol–water partition coefficient (Wildman–Crippen LogP) is 4.14. The molecule has 0 bridgehead atoms. The van der Waals surface area contributed by atoms with Gasteiger partial charge in [-0.2, -0.15) is 0 Å². The average molecular weight is 344 g/mol. The van der Waals surface area contributed by atoms with Gasteiger partial charge >= 0.3 is 0 Å². The second-order valence-electron chi connectivity index (χ2n) is 5.85. The van der Waals surface area contributed by atoms with Crippen LogP contribution in [0.2, 0.25) is 0 Å². The van der Waals surface area contributed by atoms with Gasteiger partial charge in [0, 0.05) is 36.2 Å². The zero-order valence-electron chi connectivity index (χ0n) is 13.1. The minimum Gasteiger partial charge on any atom is -0.493 e. The van der Waals surface area contributed by atoms with Crippen LogP contribution in [0.25, 0.3) is 0 Å². The molecular formula is C16H26BrNO2. The maximum absolute atomic E-state index is 5.92. The Morgan fingerprint density at radius 2 is 2.00 bits per heavy atom. The topological polar surface area (TPSA) is 30.5 Å². The van der Waals surface area contributed by atoms with Crippen LogP contribution in [0.15, 0.2) is 22.7 Å². The first-order chi connectivity index (χ1) is 9.34. The summed E-state index contributed by atoms with van der Waals surface area (Å²) in [5.41, 5.74) is 1.02. The maximum Gasteiger partial charge on any atom is 0.123 e. The average Bonchev–Trinajstić information content (AvgIpc) is 2.38. The van der Waals surface area contributed by atoms with Crippen LogP contribution in [0, 0.1) is 0 Å². The van der Waals surface area contributed by atoms with Crippen molar-refractivity contribution in [3.05, 3.63) is 28.2 Å². The van der Waals surface area contributed by atoms with E-state index in [0.717, 1.165) is 23.2 Å². The van der Waals surface area contributed by atoms with E-state index in [1.807, 2.05) is 12.1 Å². The summed E-state index contributed by atoms with van der Waals surface area (Å²) in [5, 5.41) is 3.42. The highest BCUT2D eigenvalue weighted by atomic mass is 79.9. The van der Waals surface area contributed by atoms with Gasteiger partial charge in [-0.1, -0.05) is 29.8 Å². The first kappa shape index (κ1) is 17.5. The molecule has 1 aromatic rings. The molecule has 0 atom stereocenters. The largest absolute Gasteiger partial charge is 0.493 e.